The maximum Gasteiger partial charge on any atom is 0.252 e. The fourth-order valence-corrected chi connectivity index (χ4v) is 4.90. The van der Waals surface area contributed by atoms with E-state index in [1.54, 1.807) is 10.8 Å². The van der Waals surface area contributed by atoms with E-state index in [9.17, 15) is 4.79 Å². The summed E-state index contributed by atoms with van der Waals surface area (Å²) in [6.07, 6.45) is 3.87. The minimum Gasteiger partial charge on any atom is -0.464 e. The molecule has 2 aromatic heterocycles. The molecule has 5 nitrogen and oxygen atoms in total. The Balaban J connectivity index is 1.66. The Morgan fingerprint density at radius 1 is 1.09 bits per heavy atom. The lowest BCUT2D eigenvalue weighted by Gasteiger charge is -2.37. The van der Waals surface area contributed by atoms with Gasteiger partial charge < -0.3 is 19.2 Å². The van der Waals surface area contributed by atoms with E-state index in [-0.39, 0.29) is 5.56 Å². The second-order valence-electron chi connectivity index (χ2n) is 9.26. The van der Waals surface area contributed by atoms with Crippen LogP contribution in [0.25, 0.3) is 21.9 Å². The molecular formula is C27H31N3O2. The molecule has 0 atom stereocenters. The van der Waals surface area contributed by atoms with Crippen LogP contribution in [0.5, 0.6) is 0 Å². The SMILES string of the molecule is CC(C)c1ccc2c(c1)c(N(Cc1ccc3occc3c1)C1CCNCC1)cc(=O)n2C. The highest BCUT2D eigenvalue weighted by molar-refractivity contribution is 5.93. The predicted molar refractivity (Wildman–Crippen MR) is 132 cm³/mol. The van der Waals surface area contributed by atoms with Crippen LogP contribution in [-0.2, 0) is 13.6 Å². The zero-order chi connectivity index (χ0) is 22.2. The number of hydrogen-bond acceptors (Lipinski definition) is 4. The number of nitrogens with one attached hydrogen (secondary N) is 1. The molecule has 1 saturated heterocycles. The summed E-state index contributed by atoms with van der Waals surface area (Å²) in [6, 6.07) is 17.2. The molecule has 1 fully saturated rings. The maximum atomic E-state index is 13.0. The van der Waals surface area contributed by atoms with E-state index in [1.165, 1.54) is 11.1 Å². The van der Waals surface area contributed by atoms with E-state index in [2.05, 4.69) is 54.4 Å². The van der Waals surface area contributed by atoms with Crippen molar-refractivity contribution in [1.29, 1.82) is 0 Å². The molecule has 2 aromatic carbocycles. The Kier molecular flexibility index (Phi) is 5.51. The Labute approximate surface area is 188 Å². The van der Waals surface area contributed by atoms with Gasteiger partial charge in [-0.15, -0.1) is 0 Å². The normalized spacial score (nSPS) is 15.1. The molecule has 4 aromatic rings. The van der Waals surface area contributed by atoms with Gasteiger partial charge in [0, 0.05) is 36.5 Å². The van der Waals surface area contributed by atoms with E-state index in [1.807, 2.05) is 25.2 Å². The number of nitrogens with zero attached hydrogens (tertiary/aromatic N) is 2. The lowest BCUT2D eigenvalue weighted by Crippen LogP contribution is -2.43. The van der Waals surface area contributed by atoms with Gasteiger partial charge in [-0.1, -0.05) is 26.0 Å². The summed E-state index contributed by atoms with van der Waals surface area (Å²) in [4.78, 5) is 15.4. The van der Waals surface area contributed by atoms with E-state index in [0.29, 0.717) is 12.0 Å². The third-order valence-electron chi connectivity index (χ3n) is 6.84. The summed E-state index contributed by atoms with van der Waals surface area (Å²) in [7, 11) is 1.87. The number of aryl methyl sites for hydroxylation is 1. The predicted octanol–water partition coefficient (Wildman–Crippen LogP) is 5.17. The molecule has 1 N–H and O–H groups in total. The molecule has 0 aliphatic carbocycles. The second kappa shape index (κ2) is 8.47. The lowest BCUT2D eigenvalue weighted by atomic mass is 9.98. The van der Waals surface area contributed by atoms with Crippen molar-refractivity contribution in [1.82, 2.24) is 9.88 Å². The second-order valence-corrected chi connectivity index (χ2v) is 9.26. The van der Waals surface area contributed by atoms with E-state index in [4.69, 9.17) is 4.42 Å². The van der Waals surface area contributed by atoms with Crippen molar-refractivity contribution in [3.05, 3.63) is 76.3 Å². The molecule has 3 heterocycles. The van der Waals surface area contributed by atoms with Crippen molar-refractivity contribution in [2.24, 2.45) is 7.05 Å². The molecule has 32 heavy (non-hydrogen) atoms. The van der Waals surface area contributed by atoms with Crippen LogP contribution in [0.15, 0.2) is 64.0 Å². The highest BCUT2D eigenvalue weighted by atomic mass is 16.3. The molecule has 5 rings (SSSR count). The van der Waals surface area contributed by atoms with Crippen LogP contribution in [0, 0.1) is 0 Å². The van der Waals surface area contributed by atoms with Gasteiger partial charge >= 0.3 is 0 Å². The van der Waals surface area contributed by atoms with Crippen molar-refractivity contribution in [2.45, 2.75) is 45.2 Å². The van der Waals surface area contributed by atoms with Crippen LogP contribution >= 0.6 is 0 Å². The van der Waals surface area contributed by atoms with Crippen molar-refractivity contribution >= 4 is 27.6 Å². The van der Waals surface area contributed by atoms with E-state index < -0.39 is 0 Å². The summed E-state index contributed by atoms with van der Waals surface area (Å²) in [5.74, 6) is 0.431. The van der Waals surface area contributed by atoms with Gasteiger partial charge in [-0.3, -0.25) is 4.79 Å². The number of fused-ring (bicyclic) bond motifs is 2. The third-order valence-corrected chi connectivity index (χ3v) is 6.84. The van der Waals surface area contributed by atoms with Gasteiger partial charge in [0.15, 0.2) is 0 Å². The Bertz CT molecular complexity index is 1310. The van der Waals surface area contributed by atoms with E-state index in [0.717, 1.165) is 60.0 Å². The van der Waals surface area contributed by atoms with Crippen LogP contribution in [-0.4, -0.2) is 23.7 Å². The zero-order valence-electron chi connectivity index (χ0n) is 19.1. The molecule has 0 radical (unpaired) electrons. The number of hydrogen-bond donors (Lipinski definition) is 1. The minimum atomic E-state index is 0.0361. The maximum absolute atomic E-state index is 13.0. The first kappa shape index (κ1) is 20.8. The van der Waals surface area contributed by atoms with Crippen LogP contribution in [0.3, 0.4) is 0 Å². The lowest BCUT2D eigenvalue weighted by molar-refractivity contribution is 0.428. The van der Waals surface area contributed by atoms with Crippen LogP contribution in [0.4, 0.5) is 5.69 Å². The van der Waals surface area contributed by atoms with Crippen LogP contribution in [0.1, 0.15) is 43.7 Å². The summed E-state index contributed by atoms with van der Waals surface area (Å²) < 4.78 is 7.30. The number of piperidine rings is 1. The van der Waals surface area contributed by atoms with Crippen LogP contribution < -0.4 is 15.8 Å². The van der Waals surface area contributed by atoms with Gasteiger partial charge in [0.25, 0.3) is 5.56 Å². The number of benzene rings is 2. The van der Waals surface area contributed by atoms with Crippen molar-refractivity contribution in [3.8, 4) is 0 Å². The standard InChI is InChI=1S/C27H31N3O2/c1-18(2)20-5-6-24-23(15-20)25(16-27(31)29(24)3)30(22-8-11-28-12-9-22)17-19-4-7-26-21(14-19)10-13-32-26/h4-7,10,13-16,18,22,28H,8-9,11-12,17H2,1-3H3. The molecule has 1 aliphatic heterocycles. The molecule has 0 saturated carbocycles. The van der Waals surface area contributed by atoms with Gasteiger partial charge in [-0.2, -0.15) is 0 Å². The summed E-state index contributed by atoms with van der Waals surface area (Å²) >= 11 is 0. The van der Waals surface area contributed by atoms with Crippen molar-refractivity contribution < 1.29 is 4.42 Å². The topological polar surface area (TPSA) is 50.4 Å². The molecule has 166 valence electrons. The first-order valence-corrected chi connectivity index (χ1v) is 11.6. The highest BCUT2D eigenvalue weighted by Gasteiger charge is 2.24. The average Bonchev–Trinajstić information content (AvgIpc) is 3.28. The monoisotopic (exact) mass is 429 g/mol. The Hall–Kier alpha value is -3.05. The average molecular weight is 430 g/mol. The minimum absolute atomic E-state index is 0.0361. The molecule has 0 unspecified atom stereocenters. The number of aromatic nitrogens is 1. The zero-order valence-corrected chi connectivity index (χ0v) is 19.1. The number of furan rings is 1. The van der Waals surface area contributed by atoms with E-state index >= 15 is 0 Å². The molecule has 5 heteroatoms. The Morgan fingerprint density at radius 2 is 1.91 bits per heavy atom. The van der Waals surface area contributed by atoms with Crippen molar-refractivity contribution in [2.75, 3.05) is 18.0 Å². The largest absolute Gasteiger partial charge is 0.464 e. The van der Waals surface area contributed by atoms with Crippen LogP contribution in [0.2, 0.25) is 0 Å². The van der Waals surface area contributed by atoms with Gasteiger partial charge in [-0.05, 0) is 73.3 Å². The summed E-state index contributed by atoms with van der Waals surface area (Å²) in [5, 5.41) is 5.75. The first-order chi connectivity index (χ1) is 15.5. The molecule has 0 spiro atoms. The van der Waals surface area contributed by atoms with Crippen molar-refractivity contribution in [3.63, 3.8) is 0 Å². The molecule has 1 aliphatic rings. The van der Waals surface area contributed by atoms with Gasteiger partial charge in [0.05, 0.1) is 17.5 Å². The quantitative estimate of drug-likeness (QED) is 0.476. The summed E-state index contributed by atoms with van der Waals surface area (Å²) in [5.41, 5.74) is 5.50. The van der Waals surface area contributed by atoms with Gasteiger partial charge in [-0.25, -0.2) is 0 Å². The third kappa shape index (κ3) is 3.82. The number of anilines is 1. The fraction of sp³-hybridized carbons (Fsp3) is 0.370. The van der Waals surface area contributed by atoms with Gasteiger partial charge in [0.1, 0.15) is 5.58 Å². The van der Waals surface area contributed by atoms with Gasteiger partial charge in [0.2, 0.25) is 0 Å². The first-order valence-electron chi connectivity index (χ1n) is 11.6. The fourth-order valence-electron chi connectivity index (χ4n) is 4.90. The smallest absolute Gasteiger partial charge is 0.252 e. The number of pyridine rings is 1. The number of rotatable bonds is 5. The Morgan fingerprint density at radius 3 is 2.69 bits per heavy atom. The highest BCUT2D eigenvalue weighted by Crippen LogP contribution is 2.33. The molecule has 0 amide bonds. The molecule has 0 bridgehead atoms. The summed E-state index contributed by atoms with van der Waals surface area (Å²) in [6.45, 7) is 7.20. The molecular weight excluding hydrogens is 398 g/mol.